The van der Waals surface area contributed by atoms with Gasteiger partial charge in [-0.3, -0.25) is 19.3 Å². The highest BCUT2D eigenvalue weighted by Gasteiger charge is 2.56. The number of fused-ring (bicyclic) bond motifs is 2. The number of benzene rings is 1. The number of carbonyl (C=O) groups is 4. The summed E-state index contributed by atoms with van der Waals surface area (Å²) in [7, 11) is 1.91. The summed E-state index contributed by atoms with van der Waals surface area (Å²) in [5.41, 5.74) is 12.6. The van der Waals surface area contributed by atoms with Crippen LogP contribution in [0.15, 0.2) is 67.1 Å². The number of amides is 2. The lowest BCUT2D eigenvalue weighted by Crippen LogP contribution is -2.71. The van der Waals surface area contributed by atoms with Gasteiger partial charge < -0.3 is 40.6 Å². The lowest BCUT2D eigenvalue weighted by atomic mass is 10.0. The molecule has 4 fully saturated rings. The largest absolute Gasteiger partial charge is 0.462 e. The number of nitrogen functional groups attached to an aromatic ring is 1. The van der Waals surface area contributed by atoms with Crippen LogP contribution in [-0.2, 0) is 35.7 Å². The van der Waals surface area contributed by atoms with E-state index in [9.17, 15) is 28.4 Å². The number of carbonyl (C=O) groups excluding carboxylic acids is 4. The number of esters is 2. The predicted molar refractivity (Wildman–Crippen MR) is 268 cm³/mol. The number of thiazole rings is 1. The highest BCUT2D eigenvalue weighted by Crippen LogP contribution is 2.54. The number of nitrogens with zero attached hydrogens (tertiary/aromatic N) is 8. The van der Waals surface area contributed by atoms with Gasteiger partial charge in [0.05, 0.1) is 46.6 Å². The molecule has 2 saturated carbocycles. The Kier molecular flexibility index (Phi) is 14.0. The highest BCUT2D eigenvalue weighted by molar-refractivity contribution is 8.07. The molecule has 19 nitrogen and oxygen atoms in total. The first kappa shape index (κ1) is 49.8. The second-order valence-corrected chi connectivity index (χ2v) is 22.5. The third-order valence-corrected chi connectivity index (χ3v) is 17.5. The molecular formula is C46H47ClF2N11O8S4+. The molecule has 0 bridgehead atoms. The molecule has 4 aromatic heterocycles. The molecular weight excluding hydrogens is 1040 g/mol. The Morgan fingerprint density at radius 2 is 1.85 bits per heavy atom. The van der Waals surface area contributed by atoms with E-state index >= 15 is 4.39 Å². The lowest BCUT2D eigenvalue weighted by Gasteiger charge is -2.49. The minimum Gasteiger partial charge on any atom is -0.462 e. The van der Waals surface area contributed by atoms with E-state index in [1.807, 2.05) is 41.5 Å². The van der Waals surface area contributed by atoms with Crippen molar-refractivity contribution in [2.45, 2.75) is 79.5 Å². The third kappa shape index (κ3) is 9.65. The molecule has 5 aliphatic rings. The zero-order valence-electron chi connectivity index (χ0n) is 38.7. The van der Waals surface area contributed by atoms with Crippen molar-refractivity contribution in [3.8, 4) is 11.3 Å². The van der Waals surface area contributed by atoms with E-state index in [1.54, 1.807) is 11.8 Å². The molecule has 72 heavy (non-hydrogen) atoms. The molecule has 1 spiro atoms. The van der Waals surface area contributed by atoms with Gasteiger partial charge in [0.2, 0.25) is 17.0 Å². The van der Waals surface area contributed by atoms with Crippen molar-refractivity contribution >= 4 is 109 Å². The summed E-state index contributed by atoms with van der Waals surface area (Å²) >= 11 is 11.7. The maximum Gasteiger partial charge on any atom is 0.355 e. The van der Waals surface area contributed by atoms with Crippen LogP contribution in [0.25, 0.3) is 22.2 Å². The number of β-lactam (4-membered cyclic amide) rings is 1. The monoisotopic (exact) mass is 1080 g/mol. The Bertz CT molecular complexity index is 3130. The smallest absolute Gasteiger partial charge is 0.355 e. The summed E-state index contributed by atoms with van der Waals surface area (Å²) in [5, 5.41) is 7.71. The van der Waals surface area contributed by atoms with Crippen molar-refractivity contribution < 1.29 is 46.8 Å². The second-order valence-electron chi connectivity index (χ2n) is 18.0. The Balaban J connectivity index is 0.789. The fourth-order valence-electron chi connectivity index (χ4n) is 9.00. The van der Waals surface area contributed by atoms with Gasteiger partial charge in [-0.2, -0.15) is 9.36 Å². The number of alkyl halides is 1. The summed E-state index contributed by atoms with van der Waals surface area (Å²) in [5.74, 6) is -3.54. The number of hydrogen-bond donors (Lipinski definition) is 3. The average molecular weight is 1080 g/mol. The SMILES string of the molecule is CCO/N=C(/C(=O)N[C@@H]1C(=O)N2C(C(=O)OCCCCCOC(=O)c3cn(C4C[C@H]4F)c4c(Cl)c(N5C[C@H](N)C6(CC6)C5)c(F)cc4c3=O)=C(Sc3nc(-c4cc[n+](C)cc4)cs3)CS[C@H]12)c1nsc(N)n1. The molecule has 378 valence electrons. The van der Waals surface area contributed by atoms with Gasteiger partial charge in [0.25, 0.3) is 11.8 Å². The number of aryl methyl sites for hydroxylation is 1. The van der Waals surface area contributed by atoms with Gasteiger partial charge in [-0.1, -0.05) is 28.5 Å². The van der Waals surface area contributed by atoms with Gasteiger partial charge in [0, 0.05) is 82.4 Å². The zero-order chi connectivity index (χ0) is 50.6. The number of oxime groups is 1. The number of anilines is 2. The first-order valence-electron chi connectivity index (χ1n) is 23.1. The van der Waals surface area contributed by atoms with Crippen LogP contribution in [0.2, 0.25) is 5.02 Å². The second kappa shape index (κ2) is 20.3. The van der Waals surface area contributed by atoms with Crippen LogP contribution in [-0.4, -0.2) is 116 Å². The molecule has 1 aromatic carbocycles. The van der Waals surface area contributed by atoms with Gasteiger partial charge in [-0.15, -0.1) is 23.1 Å². The van der Waals surface area contributed by atoms with Crippen LogP contribution in [0.5, 0.6) is 0 Å². The molecule has 3 aliphatic heterocycles. The number of ether oxygens (including phenoxy) is 2. The van der Waals surface area contributed by atoms with E-state index < -0.39 is 58.6 Å². The van der Waals surface area contributed by atoms with Crippen LogP contribution in [0.1, 0.15) is 67.7 Å². The van der Waals surface area contributed by atoms with E-state index in [2.05, 4.69) is 19.8 Å². The van der Waals surface area contributed by atoms with Crippen molar-refractivity contribution in [3.63, 3.8) is 0 Å². The molecule has 2 saturated heterocycles. The Labute approximate surface area is 431 Å². The van der Waals surface area contributed by atoms with E-state index in [-0.39, 0.29) is 93.0 Å². The normalized spacial score (nSPS) is 22.0. The van der Waals surface area contributed by atoms with Crippen molar-refractivity contribution in [3.05, 3.63) is 85.2 Å². The summed E-state index contributed by atoms with van der Waals surface area (Å²) < 4.78 is 49.8. The summed E-state index contributed by atoms with van der Waals surface area (Å²) in [6, 6.07) is 3.04. The van der Waals surface area contributed by atoms with Crippen LogP contribution < -0.4 is 31.7 Å². The number of nitrogens with two attached hydrogens (primary N) is 2. The summed E-state index contributed by atoms with van der Waals surface area (Å²) in [6.45, 7) is 2.58. The van der Waals surface area contributed by atoms with Gasteiger partial charge in [0.1, 0.15) is 48.3 Å². The Hall–Kier alpha value is -5.73. The van der Waals surface area contributed by atoms with Crippen molar-refractivity contribution in [2.24, 2.45) is 23.4 Å². The maximum absolute atomic E-state index is 15.9. The van der Waals surface area contributed by atoms with Crippen LogP contribution in [0.4, 0.5) is 19.6 Å². The number of hydrogen-bond acceptors (Lipinski definition) is 19. The van der Waals surface area contributed by atoms with E-state index in [4.69, 9.17) is 42.4 Å². The van der Waals surface area contributed by atoms with Crippen LogP contribution in [0, 0.1) is 11.2 Å². The predicted octanol–water partition coefficient (Wildman–Crippen LogP) is 5.10. The molecule has 0 radical (unpaired) electrons. The maximum atomic E-state index is 15.9. The van der Waals surface area contributed by atoms with Gasteiger partial charge in [-0.25, -0.2) is 27.9 Å². The van der Waals surface area contributed by atoms with Crippen molar-refractivity contribution in [1.82, 2.24) is 29.1 Å². The van der Waals surface area contributed by atoms with Crippen molar-refractivity contribution in [2.75, 3.05) is 49.3 Å². The number of aromatic nitrogens is 5. The van der Waals surface area contributed by atoms with E-state index in [0.29, 0.717) is 41.6 Å². The van der Waals surface area contributed by atoms with Gasteiger partial charge in [0.15, 0.2) is 21.9 Å². The lowest BCUT2D eigenvalue weighted by molar-refractivity contribution is -0.671. The molecule has 2 aliphatic carbocycles. The van der Waals surface area contributed by atoms with Crippen LogP contribution >= 0.6 is 58.0 Å². The number of pyridine rings is 2. The summed E-state index contributed by atoms with van der Waals surface area (Å²) in [4.78, 5) is 86.3. The zero-order valence-corrected chi connectivity index (χ0v) is 42.7. The highest BCUT2D eigenvalue weighted by atomic mass is 35.5. The third-order valence-electron chi connectivity index (χ3n) is 13.1. The molecule has 5 aromatic rings. The van der Waals surface area contributed by atoms with E-state index in [0.717, 1.165) is 41.7 Å². The number of thioether (sulfide) groups is 2. The topological polar surface area (TPSA) is 243 Å². The average Bonchev–Trinajstić information content (AvgIpc) is 4.13. The first-order valence-corrected chi connectivity index (χ1v) is 27.0. The molecule has 7 heterocycles. The number of rotatable bonds is 18. The fraction of sp³-hybridized carbons (Fsp3) is 0.435. The van der Waals surface area contributed by atoms with Crippen molar-refractivity contribution in [1.29, 1.82) is 0 Å². The minimum atomic E-state index is -1.24. The molecule has 26 heteroatoms. The minimum absolute atomic E-state index is 0.0319. The first-order chi connectivity index (χ1) is 34.7. The summed E-state index contributed by atoms with van der Waals surface area (Å²) in [6.07, 6.45) is 6.93. The fourth-order valence-corrected chi connectivity index (χ4v) is 13.3. The molecule has 5 N–H and O–H groups in total. The molecule has 2 amide bonds. The molecule has 5 atom stereocenters. The Morgan fingerprint density at radius 1 is 1.11 bits per heavy atom. The molecule has 1 unspecified atom stereocenters. The van der Waals surface area contributed by atoms with Gasteiger partial charge >= 0.3 is 11.9 Å². The van der Waals surface area contributed by atoms with Crippen LogP contribution in [0.3, 0.4) is 0 Å². The number of halogens is 3. The Morgan fingerprint density at radius 3 is 2.51 bits per heavy atom. The van der Waals surface area contributed by atoms with E-state index in [1.165, 1.54) is 50.5 Å². The molecule has 10 rings (SSSR count). The quantitative estimate of drug-likeness (QED) is 0.0258. The number of unbranched alkanes of at least 4 members (excludes halogenated alkanes) is 2. The van der Waals surface area contributed by atoms with Gasteiger partial charge in [-0.05, 0) is 45.1 Å². The number of nitrogens with one attached hydrogen (secondary N) is 1. The standard InChI is InChI=1S/C46H46ClF2N11O8S4/c1-3-68-55-32(38-54-44(51)72-56-38)39(62)53-33-40(63)60-36(29(20-69-41(33)60)71-45-52-27(19-70-45)22-7-11-57(2)12-8-22)43(65)67-14-6-4-5-13-66-42(64)24-17-59(28-16-25(28)48)34-23(37(24)61)15-26(49)35(31(34)47)58-18-30(50)46(21-58)9-10-46/h7-8,11-12,15,17,19,25,28,30,33,41H,3-6,9-10,13-14,16,18,20-21,50H2,1-2H3,(H2-,51,53,54,56,62)/p+1/b55-32+/t25-,28?,30+,33-,41-/m1/s1.